The van der Waals surface area contributed by atoms with E-state index in [0.29, 0.717) is 18.8 Å². The number of aliphatic hydroxyl groups excluding tert-OH is 2. The maximum Gasteiger partial charge on any atom is 0.301 e. The van der Waals surface area contributed by atoms with Crippen LogP contribution in [-0.2, 0) is 14.2 Å². The van der Waals surface area contributed by atoms with Gasteiger partial charge in [0, 0.05) is 18.9 Å². The third-order valence-electron chi connectivity index (χ3n) is 3.73. The van der Waals surface area contributed by atoms with Crippen molar-refractivity contribution in [2.75, 3.05) is 33.5 Å². The second-order valence-electron chi connectivity index (χ2n) is 5.42. The van der Waals surface area contributed by atoms with Crippen molar-refractivity contribution < 1.29 is 29.2 Å². The van der Waals surface area contributed by atoms with Gasteiger partial charge in [-0.2, -0.15) is 4.98 Å². The van der Waals surface area contributed by atoms with Crippen LogP contribution >= 0.6 is 0 Å². The molecule has 2 heterocycles. The van der Waals surface area contributed by atoms with Crippen LogP contribution in [0.1, 0.15) is 18.7 Å². The van der Waals surface area contributed by atoms with E-state index >= 15 is 0 Å². The molecular weight excluding hydrogens is 320 g/mol. The van der Waals surface area contributed by atoms with Crippen molar-refractivity contribution in [3.8, 4) is 6.01 Å². The Kier molecular flexibility index (Phi) is 6.69. The Morgan fingerprint density at radius 1 is 1.42 bits per heavy atom. The molecule has 1 saturated heterocycles. The molecule has 24 heavy (non-hydrogen) atoms. The summed E-state index contributed by atoms with van der Waals surface area (Å²) in [5, 5.41) is 19.7. The Bertz CT molecular complexity index is 592. The van der Waals surface area contributed by atoms with Gasteiger partial charge in [0.1, 0.15) is 18.3 Å². The van der Waals surface area contributed by atoms with Gasteiger partial charge in [0.25, 0.3) is 5.56 Å². The normalized spacial score (nSPS) is 26.7. The Hall–Kier alpha value is -1.52. The van der Waals surface area contributed by atoms with Gasteiger partial charge in [-0.15, -0.1) is 0 Å². The number of aromatic nitrogens is 2. The van der Waals surface area contributed by atoms with Gasteiger partial charge in [-0.25, -0.2) is 0 Å². The van der Waals surface area contributed by atoms with E-state index in [1.807, 2.05) is 0 Å². The highest BCUT2D eigenvalue weighted by molar-refractivity contribution is 5.11. The summed E-state index contributed by atoms with van der Waals surface area (Å²) in [4.78, 5) is 15.7. The van der Waals surface area contributed by atoms with Crippen LogP contribution in [0.15, 0.2) is 11.0 Å². The van der Waals surface area contributed by atoms with Crippen molar-refractivity contribution in [3.63, 3.8) is 0 Å². The van der Waals surface area contributed by atoms with Crippen molar-refractivity contribution in [2.24, 2.45) is 0 Å². The summed E-state index contributed by atoms with van der Waals surface area (Å²) in [5.74, 6) is 0. The fourth-order valence-electron chi connectivity index (χ4n) is 2.51. The molecule has 0 bridgehead atoms. The van der Waals surface area contributed by atoms with E-state index in [0.717, 1.165) is 0 Å². The minimum Gasteiger partial charge on any atom is -0.465 e. The lowest BCUT2D eigenvalue weighted by Crippen LogP contribution is -2.36. The molecule has 136 valence electrons. The van der Waals surface area contributed by atoms with Crippen molar-refractivity contribution in [1.29, 1.82) is 0 Å². The highest BCUT2D eigenvalue weighted by Gasteiger charge is 2.46. The Morgan fingerprint density at radius 3 is 2.79 bits per heavy atom. The molecule has 0 aliphatic carbocycles. The summed E-state index contributed by atoms with van der Waals surface area (Å²) in [7, 11) is 1.54. The molecule has 0 amide bonds. The number of aliphatic hydroxyl groups is 2. The number of hydrogen-bond acceptors (Lipinski definition) is 8. The largest absolute Gasteiger partial charge is 0.465 e. The van der Waals surface area contributed by atoms with E-state index in [1.165, 1.54) is 4.57 Å². The maximum absolute atomic E-state index is 11.8. The third kappa shape index (κ3) is 3.93. The molecule has 9 nitrogen and oxygen atoms in total. The minimum absolute atomic E-state index is 0.0734. The molecule has 0 saturated carbocycles. The lowest BCUT2D eigenvalue weighted by molar-refractivity contribution is -0.0833. The maximum atomic E-state index is 11.8. The summed E-state index contributed by atoms with van der Waals surface area (Å²) >= 11 is 0. The second-order valence-corrected chi connectivity index (χ2v) is 5.42. The zero-order valence-electron chi connectivity index (χ0n) is 14.0. The number of nitrogens with zero attached hydrogens (tertiary/aromatic N) is 2. The first-order chi connectivity index (χ1) is 11.5. The summed E-state index contributed by atoms with van der Waals surface area (Å²) in [5.41, 5.74) is 0.00318. The van der Waals surface area contributed by atoms with E-state index in [9.17, 15) is 15.0 Å². The second kappa shape index (κ2) is 8.54. The van der Waals surface area contributed by atoms with Crippen LogP contribution in [-0.4, -0.2) is 71.6 Å². The summed E-state index contributed by atoms with van der Waals surface area (Å²) in [6.07, 6.45) is -1.85. The summed E-state index contributed by atoms with van der Waals surface area (Å²) in [6, 6.07) is 0.0734. The van der Waals surface area contributed by atoms with Gasteiger partial charge in [0.2, 0.25) is 0 Å². The average Bonchev–Trinajstić information content (AvgIpc) is 2.87. The van der Waals surface area contributed by atoms with E-state index in [2.05, 4.69) is 4.98 Å². The van der Waals surface area contributed by atoms with Crippen LogP contribution in [0.2, 0.25) is 0 Å². The first kappa shape index (κ1) is 18.8. The smallest absolute Gasteiger partial charge is 0.301 e. The number of methoxy groups -OCH3 is 1. The quantitative estimate of drug-likeness (QED) is 0.592. The lowest BCUT2D eigenvalue weighted by Gasteiger charge is -2.24. The Morgan fingerprint density at radius 2 is 2.17 bits per heavy atom. The van der Waals surface area contributed by atoms with E-state index in [1.54, 1.807) is 27.2 Å². The molecular formula is C15H24N2O7. The molecule has 1 aliphatic heterocycles. The molecule has 1 aliphatic rings. The first-order valence-electron chi connectivity index (χ1n) is 7.81. The van der Waals surface area contributed by atoms with E-state index in [4.69, 9.17) is 18.9 Å². The van der Waals surface area contributed by atoms with Gasteiger partial charge in [-0.1, -0.05) is 0 Å². The average molecular weight is 344 g/mol. The van der Waals surface area contributed by atoms with Crippen molar-refractivity contribution in [2.45, 2.75) is 38.4 Å². The Balaban J connectivity index is 2.35. The van der Waals surface area contributed by atoms with Gasteiger partial charge in [0.15, 0.2) is 6.23 Å². The van der Waals surface area contributed by atoms with Crippen LogP contribution in [0.25, 0.3) is 0 Å². The minimum atomic E-state index is -1.04. The van der Waals surface area contributed by atoms with Gasteiger partial charge < -0.3 is 29.2 Å². The number of hydrogen-bond donors (Lipinski definition) is 2. The SMILES string of the molecule is CCOc1nc(=O)c(C)cn1[C@@H]1O[C@H](CO)[C@@H](O)[C@H]1OCCOC. The number of rotatable bonds is 8. The van der Waals surface area contributed by atoms with E-state index in [-0.39, 0.29) is 19.2 Å². The summed E-state index contributed by atoms with van der Waals surface area (Å²) in [6.45, 7) is 3.93. The van der Waals surface area contributed by atoms with E-state index < -0.39 is 30.1 Å². The zero-order chi connectivity index (χ0) is 17.7. The molecule has 1 fully saturated rings. The molecule has 2 N–H and O–H groups in total. The van der Waals surface area contributed by atoms with Crippen molar-refractivity contribution in [1.82, 2.24) is 9.55 Å². The highest BCUT2D eigenvalue weighted by atomic mass is 16.6. The predicted octanol–water partition coefficient (Wildman–Crippen LogP) is -0.767. The topological polar surface area (TPSA) is 112 Å². The molecule has 4 atom stereocenters. The van der Waals surface area contributed by atoms with Crippen LogP contribution in [0.3, 0.4) is 0 Å². The number of aryl methyl sites for hydroxylation is 1. The standard InChI is InChI=1S/C15H24N2O7/c1-4-22-15-16-13(20)9(2)7-17(15)14-12(23-6-5-21-3)11(19)10(8-18)24-14/h7,10-12,14,18-19H,4-6,8H2,1-3H3/t10-,11-,12-,14-/m1/s1. The predicted molar refractivity (Wildman–Crippen MR) is 83.0 cm³/mol. The van der Waals surface area contributed by atoms with Crippen molar-refractivity contribution in [3.05, 3.63) is 22.1 Å². The molecule has 0 aromatic carbocycles. The summed E-state index contributed by atoms with van der Waals surface area (Å²) < 4.78 is 23.2. The fourth-order valence-corrected chi connectivity index (χ4v) is 2.51. The van der Waals surface area contributed by atoms with Crippen molar-refractivity contribution >= 4 is 0 Å². The van der Waals surface area contributed by atoms with Gasteiger partial charge in [-0.05, 0) is 13.8 Å². The third-order valence-corrected chi connectivity index (χ3v) is 3.73. The molecule has 0 radical (unpaired) electrons. The Labute approximate surface area is 139 Å². The molecule has 2 rings (SSSR count). The molecule has 0 spiro atoms. The fraction of sp³-hybridized carbons (Fsp3) is 0.733. The number of ether oxygens (including phenoxy) is 4. The van der Waals surface area contributed by atoms with Crippen LogP contribution < -0.4 is 10.3 Å². The van der Waals surface area contributed by atoms with Gasteiger partial charge in [0.05, 0.1) is 26.4 Å². The van der Waals surface area contributed by atoms with Crippen LogP contribution in [0.4, 0.5) is 0 Å². The lowest BCUT2D eigenvalue weighted by atomic mass is 10.1. The molecule has 1 aromatic heterocycles. The van der Waals surface area contributed by atoms with Gasteiger partial charge in [-0.3, -0.25) is 9.36 Å². The monoisotopic (exact) mass is 344 g/mol. The molecule has 9 heteroatoms. The van der Waals surface area contributed by atoms with Crippen LogP contribution in [0.5, 0.6) is 6.01 Å². The first-order valence-corrected chi connectivity index (χ1v) is 7.81. The molecule has 0 unspecified atom stereocenters. The van der Waals surface area contributed by atoms with Gasteiger partial charge >= 0.3 is 6.01 Å². The highest BCUT2D eigenvalue weighted by Crippen LogP contribution is 2.33. The molecule has 1 aromatic rings. The zero-order valence-corrected chi connectivity index (χ0v) is 14.0. The van der Waals surface area contributed by atoms with Crippen LogP contribution in [0, 0.1) is 6.92 Å².